The Kier molecular flexibility index (Phi) is 4.01. The van der Waals surface area contributed by atoms with Gasteiger partial charge in [0.2, 0.25) is 0 Å². The van der Waals surface area contributed by atoms with Crippen LogP contribution in [0, 0.1) is 0 Å². The van der Waals surface area contributed by atoms with E-state index in [1.807, 2.05) is 19.9 Å². The minimum Gasteiger partial charge on any atom is -0.324 e. The fraction of sp³-hybridized carbons (Fsp3) is 0.667. The molecule has 0 spiro atoms. The van der Waals surface area contributed by atoms with E-state index in [0.29, 0.717) is 0 Å². The maximum atomic E-state index is 5.58. The van der Waals surface area contributed by atoms with Crippen molar-refractivity contribution in [2.45, 2.75) is 26.3 Å². The Morgan fingerprint density at radius 3 is 2.50 bits per heavy atom. The summed E-state index contributed by atoms with van der Waals surface area (Å²) >= 11 is 4.14. The van der Waals surface area contributed by atoms with Gasteiger partial charge >= 0.3 is 0 Å². The van der Waals surface area contributed by atoms with Crippen LogP contribution in [0.15, 0.2) is 11.0 Å². The topological polar surface area (TPSA) is 26.0 Å². The van der Waals surface area contributed by atoms with E-state index in [1.165, 1.54) is 0 Å². The highest BCUT2D eigenvalue weighted by molar-refractivity contribution is 7.84. The molecular formula is C6H13NS. The first kappa shape index (κ1) is 8.05. The van der Waals surface area contributed by atoms with Gasteiger partial charge in [0, 0.05) is 6.04 Å². The van der Waals surface area contributed by atoms with E-state index in [1.54, 1.807) is 0 Å². The Labute approximate surface area is 56.4 Å². The van der Waals surface area contributed by atoms with E-state index < -0.39 is 0 Å². The van der Waals surface area contributed by atoms with Crippen LogP contribution in [0.2, 0.25) is 0 Å². The van der Waals surface area contributed by atoms with Crippen LogP contribution in [0.3, 0.4) is 0 Å². The molecule has 1 unspecified atom stereocenters. The van der Waals surface area contributed by atoms with Crippen molar-refractivity contribution in [1.82, 2.24) is 0 Å². The molecule has 0 saturated heterocycles. The van der Waals surface area contributed by atoms with Crippen molar-refractivity contribution in [2.24, 2.45) is 5.73 Å². The standard InChI is InChI=1S/C6H13NS/c1-3-5(7)6(8)4-2/h4-5,8H,3,7H2,1-2H3/b6-4-. The summed E-state index contributed by atoms with van der Waals surface area (Å²) in [6, 6.07) is 0.142. The lowest BCUT2D eigenvalue weighted by atomic mass is 10.2. The molecule has 1 atom stereocenters. The van der Waals surface area contributed by atoms with Crippen molar-refractivity contribution < 1.29 is 0 Å². The Hall–Kier alpha value is 0.0500. The van der Waals surface area contributed by atoms with Crippen LogP contribution in [0.1, 0.15) is 20.3 Å². The van der Waals surface area contributed by atoms with Crippen LogP contribution >= 0.6 is 12.6 Å². The van der Waals surface area contributed by atoms with Crippen molar-refractivity contribution >= 4 is 12.6 Å². The van der Waals surface area contributed by atoms with Crippen molar-refractivity contribution in [1.29, 1.82) is 0 Å². The van der Waals surface area contributed by atoms with E-state index in [4.69, 9.17) is 5.73 Å². The van der Waals surface area contributed by atoms with Gasteiger partial charge in [0.1, 0.15) is 0 Å². The van der Waals surface area contributed by atoms with Crippen LogP contribution in [0.5, 0.6) is 0 Å². The average molecular weight is 131 g/mol. The minimum atomic E-state index is 0.142. The van der Waals surface area contributed by atoms with Crippen LogP contribution in [0.4, 0.5) is 0 Å². The smallest absolute Gasteiger partial charge is 0.0346 e. The summed E-state index contributed by atoms with van der Waals surface area (Å²) in [5.41, 5.74) is 5.58. The van der Waals surface area contributed by atoms with E-state index >= 15 is 0 Å². The SMILES string of the molecule is C/C=C(\S)C(N)CC. The molecule has 0 fully saturated rings. The van der Waals surface area contributed by atoms with E-state index in [9.17, 15) is 0 Å². The van der Waals surface area contributed by atoms with Gasteiger partial charge in [-0.05, 0) is 18.2 Å². The van der Waals surface area contributed by atoms with Gasteiger partial charge in [-0.2, -0.15) is 0 Å². The number of hydrogen-bond donors (Lipinski definition) is 2. The molecule has 0 aliphatic rings. The van der Waals surface area contributed by atoms with Gasteiger partial charge in [0.25, 0.3) is 0 Å². The first-order valence-electron chi connectivity index (χ1n) is 2.83. The molecule has 0 aromatic carbocycles. The zero-order valence-electron chi connectivity index (χ0n) is 5.39. The lowest BCUT2D eigenvalue weighted by Crippen LogP contribution is -2.18. The number of allylic oxidation sites excluding steroid dienone is 1. The quantitative estimate of drug-likeness (QED) is 0.546. The highest BCUT2D eigenvalue weighted by Crippen LogP contribution is 2.06. The Morgan fingerprint density at radius 2 is 2.38 bits per heavy atom. The molecule has 0 aliphatic carbocycles. The second-order valence-electron chi connectivity index (χ2n) is 1.73. The third kappa shape index (κ3) is 2.38. The molecule has 0 rings (SSSR count). The van der Waals surface area contributed by atoms with E-state index in [2.05, 4.69) is 12.6 Å². The predicted molar refractivity (Wildman–Crippen MR) is 41.0 cm³/mol. The molecule has 0 aliphatic heterocycles. The normalized spacial score (nSPS) is 16.2. The number of rotatable bonds is 2. The van der Waals surface area contributed by atoms with Crippen LogP contribution < -0.4 is 5.73 Å². The van der Waals surface area contributed by atoms with Gasteiger partial charge < -0.3 is 5.73 Å². The van der Waals surface area contributed by atoms with Gasteiger partial charge in [-0.25, -0.2) is 0 Å². The average Bonchev–Trinajstić information content (AvgIpc) is 1.84. The molecule has 0 aromatic heterocycles. The fourth-order valence-electron chi connectivity index (χ4n) is 0.423. The largest absolute Gasteiger partial charge is 0.324 e. The summed E-state index contributed by atoms with van der Waals surface area (Å²) in [6.07, 6.45) is 2.89. The van der Waals surface area contributed by atoms with E-state index in [0.717, 1.165) is 11.3 Å². The first-order chi connectivity index (χ1) is 3.72. The Bertz CT molecular complexity index is 88.5. The van der Waals surface area contributed by atoms with Gasteiger partial charge in [-0.1, -0.05) is 13.0 Å². The molecule has 0 saturated carbocycles. The zero-order chi connectivity index (χ0) is 6.57. The molecule has 2 N–H and O–H groups in total. The number of nitrogens with two attached hydrogens (primary N) is 1. The molecule has 0 bridgehead atoms. The molecule has 0 heterocycles. The molecule has 48 valence electrons. The molecule has 0 amide bonds. The number of hydrogen-bond acceptors (Lipinski definition) is 2. The molecule has 2 heteroatoms. The van der Waals surface area contributed by atoms with Crippen LogP contribution in [-0.2, 0) is 0 Å². The molecule has 8 heavy (non-hydrogen) atoms. The predicted octanol–water partition coefficient (Wildman–Crippen LogP) is 1.56. The Balaban J connectivity index is 3.63. The van der Waals surface area contributed by atoms with Crippen LogP contribution in [-0.4, -0.2) is 6.04 Å². The maximum absolute atomic E-state index is 5.58. The van der Waals surface area contributed by atoms with Crippen molar-refractivity contribution in [3.63, 3.8) is 0 Å². The van der Waals surface area contributed by atoms with Crippen molar-refractivity contribution in [2.75, 3.05) is 0 Å². The highest BCUT2D eigenvalue weighted by atomic mass is 32.1. The summed E-state index contributed by atoms with van der Waals surface area (Å²) < 4.78 is 0. The fourth-order valence-corrected chi connectivity index (χ4v) is 0.606. The lowest BCUT2D eigenvalue weighted by molar-refractivity contribution is 0.772. The van der Waals surface area contributed by atoms with Gasteiger partial charge in [0.05, 0.1) is 0 Å². The summed E-state index contributed by atoms with van der Waals surface area (Å²) in [4.78, 5) is 0.979. The summed E-state index contributed by atoms with van der Waals surface area (Å²) in [5, 5.41) is 0. The second kappa shape index (κ2) is 3.98. The zero-order valence-corrected chi connectivity index (χ0v) is 6.28. The Morgan fingerprint density at radius 1 is 1.88 bits per heavy atom. The van der Waals surface area contributed by atoms with Gasteiger partial charge in [0.15, 0.2) is 0 Å². The monoisotopic (exact) mass is 131 g/mol. The number of thiol groups is 1. The molecule has 0 aromatic rings. The molecule has 1 nitrogen and oxygen atoms in total. The van der Waals surface area contributed by atoms with Gasteiger partial charge in [-0.15, -0.1) is 12.6 Å². The third-order valence-corrected chi connectivity index (χ3v) is 1.71. The summed E-state index contributed by atoms with van der Waals surface area (Å²) in [7, 11) is 0. The molecular weight excluding hydrogens is 118 g/mol. The third-order valence-electron chi connectivity index (χ3n) is 1.12. The first-order valence-corrected chi connectivity index (χ1v) is 3.27. The van der Waals surface area contributed by atoms with Crippen molar-refractivity contribution in [3.05, 3.63) is 11.0 Å². The summed E-state index contributed by atoms with van der Waals surface area (Å²) in [5.74, 6) is 0. The second-order valence-corrected chi connectivity index (χ2v) is 2.24. The van der Waals surface area contributed by atoms with Crippen molar-refractivity contribution in [3.8, 4) is 0 Å². The summed E-state index contributed by atoms with van der Waals surface area (Å²) in [6.45, 7) is 3.99. The van der Waals surface area contributed by atoms with Crippen LogP contribution in [0.25, 0.3) is 0 Å². The molecule has 0 radical (unpaired) electrons. The highest BCUT2D eigenvalue weighted by Gasteiger charge is 1.98. The maximum Gasteiger partial charge on any atom is 0.0346 e. The van der Waals surface area contributed by atoms with E-state index in [-0.39, 0.29) is 6.04 Å². The lowest BCUT2D eigenvalue weighted by Gasteiger charge is -2.05. The van der Waals surface area contributed by atoms with Gasteiger partial charge in [-0.3, -0.25) is 0 Å². The minimum absolute atomic E-state index is 0.142.